The summed E-state index contributed by atoms with van der Waals surface area (Å²) in [6, 6.07) is 7.99. The van der Waals surface area contributed by atoms with Gasteiger partial charge < -0.3 is 23.3 Å². The van der Waals surface area contributed by atoms with Gasteiger partial charge in [-0.15, -0.1) is 0 Å². The summed E-state index contributed by atoms with van der Waals surface area (Å²) in [6.45, 7) is 0.206. The zero-order chi connectivity index (χ0) is 24.4. The maximum absolute atomic E-state index is 14.1. The van der Waals surface area contributed by atoms with Crippen LogP contribution in [0.4, 0.5) is 4.39 Å². The van der Waals surface area contributed by atoms with Gasteiger partial charge in [0.2, 0.25) is 5.62 Å². The van der Waals surface area contributed by atoms with E-state index in [-0.39, 0.29) is 18.1 Å². The first-order valence-electron chi connectivity index (χ1n) is 10.5. The number of nitrogens with one attached hydrogen (secondary N) is 1. The van der Waals surface area contributed by atoms with Gasteiger partial charge in [0.25, 0.3) is 0 Å². The smallest absolute Gasteiger partial charge is 0.343 e. The van der Waals surface area contributed by atoms with Crippen molar-refractivity contribution in [2.75, 3.05) is 20.3 Å². The highest BCUT2D eigenvalue weighted by atomic mass is 79.9. The van der Waals surface area contributed by atoms with Gasteiger partial charge in [0.05, 0.1) is 36.2 Å². The third-order valence-corrected chi connectivity index (χ3v) is 6.24. The van der Waals surface area contributed by atoms with Crippen molar-refractivity contribution >= 4 is 27.7 Å². The van der Waals surface area contributed by atoms with Crippen molar-refractivity contribution in [3.05, 3.63) is 75.3 Å². The van der Waals surface area contributed by atoms with Gasteiger partial charge in [0.1, 0.15) is 5.75 Å². The number of rotatable bonds is 7. The Morgan fingerprint density at radius 3 is 2.76 bits per heavy atom. The number of nitrogens with zero attached hydrogens (tertiary/aromatic N) is 2. The lowest BCUT2D eigenvalue weighted by Gasteiger charge is -2.26. The molecule has 0 saturated heterocycles. The number of aromatic nitrogens is 2. The number of ether oxygens (including phenoxy) is 3. The van der Waals surface area contributed by atoms with Gasteiger partial charge in [-0.25, -0.2) is 9.18 Å². The van der Waals surface area contributed by atoms with E-state index < -0.39 is 24.3 Å². The summed E-state index contributed by atoms with van der Waals surface area (Å²) in [7, 11) is 3.02. The Labute approximate surface area is 203 Å². The van der Waals surface area contributed by atoms with Gasteiger partial charge in [-0.1, -0.05) is 6.07 Å². The van der Waals surface area contributed by atoms with Crippen LogP contribution < -0.4 is 15.1 Å². The van der Waals surface area contributed by atoms with Crippen molar-refractivity contribution in [1.29, 1.82) is 5.41 Å². The van der Waals surface area contributed by atoms with E-state index in [1.807, 2.05) is 12.3 Å². The molecule has 0 spiro atoms. The molecule has 0 amide bonds. The number of hydrogen-bond donors (Lipinski definition) is 1. The van der Waals surface area contributed by atoms with Crippen LogP contribution in [-0.2, 0) is 29.5 Å². The van der Waals surface area contributed by atoms with Crippen molar-refractivity contribution in [3.8, 4) is 11.5 Å². The van der Waals surface area contributed by atoms with E-state index in [1.165, 1.54) is 19.2 Å². The molecule has 0 unspecified atom stereocenters. The minimum absolute atomic E-state index is 0.0747. The second-order valence-corrected chi connectivity index (χ2v) is 8.88. The summed E-state index contributed by atoms with van der Waals surface area (Å²) in [5.74, 6) is -1.35. The van der Waals surface area contributed by atoms with Gasteiger partial charge in [-0.3, -0.25) is 10.2 Å². The Bertz CT molecular complexity index is 1320. The van der Waals surface area contributed by atoms with Crippen LogP contribution in [0.15, 0.2) is 47.2 Å². The highest BCUT2D eigenvalue weighted by Gasteiger charge is 2.31. The molecule has 2 aromatic carbocycles. The number of fused-ring (bicyclic) bond motifs is 1. The number of benzene rings is 2. The molecule has 1 N–H and O–H groups in total. The molecule has 0 aliphatic carbocycles. The molecule has 3 aromatic rings. The van der Waals surface area contributed by atoms with Gasteiger partial charge in [0.15, 0.2) is 24.0 Å². The maximum atomic E-state index is 14.1. The molecular weight excluding hydrogens is 509 g/mol. The van der Waals surface area contributed by atoms with Crippen molar-refractivity contribution in [2.24, 2.45) is 13.0 Å². The lowest BCUT2D eigenvalue weighted by atomic mass is 9.89. The molecule has 4 rings (SSSR count). The molecule has 34 heavy (non-hydrogen) atoms. The van der Waals surface area contributed by atoms with Crippen molar-refractivity contribution in [1.82, 2.24) is 9.13 Å². The zero-order valence-electron chi connectivity index (χ0n) is 18.6. The van der Waals surface area contributed by atoms with Crippen molar-refractivity contribution in [3.63, 3.8) is 0 Å². The van der Waals surface area contributed by atoms with Crippen molar-refractivity contribution < 1.29 is 28.2 Å². The standard InChI is InChI=1S/C24H23BrFN3O5/c1-28-5-6-29(24(28)27)11-15-8-17-22(31)16(12-34-23(17)18(25)9-15)7-14-3-4-19(26)20(10-14)33-13-21(30)32-2/h3-6,8-10,16,27H,7,11-13H2,1-2H3/t16-/m0/s1. The van der Waals surface area contributed by atoms with Crippen LogP contribution in [0, 0.1) is 17.1 Å². The second-order valence-electron chi connectivity index (χ2n) is 8.02. The predicted molar refractivity (Wildman–Crippen MR) is 123 cm³/mol. The van der Waals surface area contributed by atoms with Crippen LogP contribution in [0.1, 0.15) is 21.5 Å². The van der Waals surface area contributed by atoms with E-state index in [2.05, 4.69) is 20.7 Å². The SMILES string of the molecule is COC(=O)COc1cc(C[C@H]2COc3c(Br)cc(Cn4ccn(C)c4=N)cc3C2=O)ccc1F. The quantitative estimate of drug-likeness (QED) is 0.472. The minimum Gasteiger partial charge on any atom is -0.491 e. The number of Topliss-reactive ketones (excluding diaryl/α,β-unsaturated/α-hetero) is 1. The van der Waals surface area contributed by atoms with Gasteiger partial charge in [0, 0.05) is 19.4 Å². The van der Waals surface area contributed by atoms with Crippen LogP contribution in [0.5, 0.6) is 11.5 Å². The van der Waals surface area contributed by atoms with Crippen LogP contribution in [0.2, 0.25) is 0 Å². The minimum atomic E-state index is -0.621. The summed E-state index contributed by atoms with van der Waals surface area (Å²) in [5.41, 5.74) is 2.34. The first-order valence-corrected chi connectivity index (χ1v) is 11.3. The molecule has 0 fully saturated rings. The van der Waals surface area contributed by atoms with Crippen LogP contribution in [-0.4, -0.2) is 41.2 Å². The number of esters is 1. The predicted octanol–water partition coefficient (Wildman–Crippen LogP) is 3.24. The fourth-order valence-corrected chi connectivity index (χ4v) is 4.44. The molecule has 10 heteroatoms. The Kier molecular flexibility index (Phi) is 6.87. The number of carbonyl (C=O) groups excluding carboxylic acids is 2. The van der Waals surface area contributed by atoms with Crippen LogP contribution >= 0.6 is 15.9 Å². The van der Waals surface area contributed by atoms with E-state index in [1.54, 1.807) is 34.5 Å². The second kappa shape index (κ2) is 9.84. The number of carbonyl (C=O) groups is 2. The molecule has 178 valence electrons. The summed E-state index contributed by atoms with van der Waals surface area (Å²) in [4.78, 5) is 24.6. The molecule has 8 nitrogen and oxygen atoms in total. The van der Waals surface area contributed by atoms with Crippen molar-refractivity contribution in [2.45, 2.75) is 13.0 Å². The largest absolute Gasteiger partial charge is 0.491 e. The molecular formula is C24H23BrFN3O5. The van der Waals surface area contributed by atoms with Gasteiger partial charge >= 0.3 is 5.97 Å². The molecule has 0 radical (unpaired) electrons. The Hall–Kier alpha value is -3.40. The molecule has 2 heterocycles. The number of ketones is 1. The molecule has 1 aliphatic heterocycles. The van der Waals surface area contributed by atoms with E-state index >= 15 is 0 Å². The molecule has 1 aliphatic rings. The number of imidazole rings is 1. The molecule has 1 atom stereocenters. The van der Waals surface area contributed by atoms with Gasteiger partial charge in [-0.2, -0.15) is 0 Å². The number of halogens is 2. The highest BCUT2D eigenvalue weighted by Crippen LogP contribution is 2.37. The average molecular weight is 532 g/mol. The third-order valence-electron chi connectivity index (χ3n) is 5.65. The lowest BCUT2D eigenvalue weighted by Crippen LogP contribution is -2.30. The number of methoxy groups -OCH3 is 1. The van der Waals surface area contributed by atoms with Crippen LogP contribution in [0.25, 0.3) is 0 Å². The number of hydrogen-bond acceptors (Lipinski definition) is 6. The van der Waals surface area contributed by atoms with Crippen LogP contribution in [0.3, 0.4) is 0 Å². The first kappa shape index (κ1) is 23.7. The topological polar surface area (TPSA) is 95.5 Å². The monoisotopic (exact) mass is 531 g/mol. The first-order chi connectivity index (χ1) is 16.3. The maximum Gasteiger partial charge on any atom is 0.343 e. The van der Waals surface area contributed by atoms with E-state index in [0.717, 1.165) is 5.56 Å². The lowest BCUT2D eigenvalue weighted by molar-refractivity contribution is -0.142. The number of aryl methyl sites for hydroxylation is 1. The third kappa shape index (κ3) is 4.91. The molecule has 1 aromatic heterocycles. The van der Waals surface area contributed by atoms with E-state index in [9.17, 15) is 14.0 Å². The Morgan fingerprint density at radius 1 is 1.26 bits per heavy atom. The average Bonchev–Trinajstić information content (AvgIpc) is 3.13. The Balaban J connectivity index is 1.54. The van der Waals surface area contributed by atoms with E-state index in [0.29, 0.717) is 39.9 Å². The van der Waals surface area contributed by atoms with E-state index in [4.69, 9.17) is 14.9 Å². The summed E-state index contributed by atoms with van der Waals surface area (Å²) in [5, 5.41) is 8.12. The van der Waals surface area contributed by atoms with Gasteiger partial charge in [-0.05, 0) is 57.7 Å². The Morgan fingerprint density at radius 2 is 2.06 bits per heavy atom. The summed E-state index contributed by atoms with van der Waals surface area (Å²) in [6.07, 6.45) is 3.93. The fourth-order valence-electron chi connectivity index (χ4n) is 3.82. The highest BCUT2D eigenvalue weighted by molar-refractivity contribution is 9.10. The normalized spacial score (nSPS) is 14.9. The molecule has 0 saturated carbocycles. The zero-order valence-corrected chi connectivity index (χ0v) is 20.2. The summed E-state index contributed by atoms with van der Waals surface area (Å²) < 4.78 is 33.9. The molecule has 0 bridgehead atoms. The summed E-state index contributed by atoms with van der Waals surface area (Å²) >= 11 is 3.50. The fraction of sp³-hybridized carbons (Fsp3) is 0.292.